The fourth-order valence-corrected chi connectivity index (χ4v) is 2.36. The lowest BCUT2D eigenvalue weighted by Gasteiger charge is -2.24. The van der Waals surface area contributed by atoms with Gasteiger partial charge in [-0.25, -0.2) is 0 Å². The monoisotopic (exact) mass is 320 g/mol. The number of aromatic nitrogens is 1. The molecular formula is C15H17BrN2O. The number of anilines is 1. The van der Waals surface area contributed by atoms with Gasteiger partial charge in [0.15, 0.2) is 0 Å². The molecule has 0 bridgehead atoms. The van der Waals surface area contributed by atoms with Crippen molar-refractivity contribution in [3.8, 4) is 0 Å². The van der Waals surface area contributed by atoms with Crippen molar-refractivity contribution in [2.24, 2.45) is 0 Å². The van der Waals surface area contributed by atoms with Crippen LogP contribution in [0.4, 0.5) is 5.69 Å². The SMILES string of the molecule is CC(O)(Cc1ccc(Br)cc1)Cc1cnccc1N. The summed E-state index contributed by atoms with van der Waals surface area (Å²) in [6.07, 6.45) is 4.44. The molecule has 100 valence electrons. The molecule has 2 rings (SSSR count). The summed E-state index contributed by atoms with van der Waals surface area (Å²) in [5.74, 6) is 0. The molecule has 4 heteroatoms. The number of halogens is 1. The number of hydrogen-bond acceptors (Lipinski definition) is 3. The van der Waals surface area contributed by atoms with Crippen LogP contribution >= 0.6 is 15.9 Å². The van der Waals surface area contributed by atoms with Crippen LogP contribution in [0.3, 0.4) is 0 Å². The van der Waals surface area contributed by atoms with Crippen molar-refractivity contribution in [1.82, 2.24) is 4.98 Å². The molecule has 1 atom stereocenters. The Kier molecular flexibility index (Phi) is 4.22. The van der Waals surface area contributed by atoms with Crippen LogP contribution in [0.25, 0.3) is 0 Å². The van der Waals surface area contributed by atoms with Crippen LogP contribution in [0.5, 0.6) is 0 Å². The van der Waals surface area contributed by atoms with Crippen LogP contribution in [0, 0.1) is 0 Å². The molecule has 3 nitrogen and oxygen atoms in total. The van der Waals surface area contributed by atoms with Gasteiger partial charge in [0.05, 0.1) is 5.60 Å². The number of pyridine rings is 1. The standard InChI is InChI=1S/C15H17BrN2O/c1-15(19,8-11-2-4-13(16)5-3-11)9-12-10-18-7-6-14(12)17/h2-7,10,19H,8-9H2,1H3,(H2,17,18). The van der Waals surface area contributed by atoms with Crippen molar-refractivity contribution in [2.45, 2.75) is 25.4 Å². The van der Waals surface area contributed by atoms with Crippen LogP contribution in [0.1, 0.15) is 18.1 Å². The second kappa shape index (κ2) is 5.72. The molecule has 0 amide bonds. The Labute approximate surface area is 121 Å². The molecule has 0 aliphatic heterocycles. The minimum absolute atomic E-state index is 0.489. The highest BCUT2D eigenvalue weighted by Crippen LogP contribution is 2.22. The summed E-state index contributed by atoms with van der Waals surface area (Å²) in [5.41, 5.74) is 7.69. The largest absolute Gasteiger partial charge is 0.398 e. The molecule has 0 saturated heterocycles. The molecule has 1 heterocycles. The van der Waals surface area contributed by atoms with Gasteiger partial charge in [-0.05, 0) is 36.2 Å². The van der Waals surface area contributed by atoms with Gasteiger partial charge >= 0.3 is 0 Å². The van der Waals surface area contributed by atoms with Crippen molar-refractivity contribution < 1.29 is 5.11 Å². The lowest BCUT2D eigenvalue weighted by Crippen LogP contribution is -2.30. The Morgan fingerprint density at radius 1 is 1.21 bits per heavy atom. The maximum atomic E-state index is 10.5. The molecule has 3 N–H and O–H groups in total. The van der Waals surface area contributed by atoms with Gasteiger partial charge in [-0.1, -0.05) is 28.1 Å². The summed E-state index contributed by atoms with van der Waals surface area (Å²) in [7, 11) is 0. The molecule has 1 unspecified atom stereocenters. The van der Waals surface area contributed by atoms with Crippen molar-refractivity contribution in [3.63, 3.8) is 0 Å². The molecular weight excluding hydrogens is 304 g/mol. The highest BCUT2D eigenvalue weighted by molar-refractivity contribution is 9.10. The molecule has 2 aromatic rings. The van der Waals surface area contributed by atoms with E-state index in [0.717, 1.165) is 15.6 Å². The molecule has 1 aromatic carbocycles. The summed E-state index contributed by atoms with van der Waals surface area (Å²) in [6, 6.07) is 9.72. The third-order valence-corrected chi connectivity index (χ3v) is 3.54. The van der Waals surface area contributed by atoms with Crippen LogP contribution in [-0.2, 0) is 12.8 Å². The first-order chi connectivity index (χ1) is 8.96. The van der Waals surface area contributed by atoms with Crippen LogP contribution < -0.4 is 5.73 Å². The fourth-order valence-electron chi connectivity index (χ4n) is 2.10. The Bertz CT molecular complexity index is 552. The average Bonchev–Trinajstić information content (AvgIpc) is 2.35. The second-order valence-corrected chi connectivity index (χ2v) is 5.97. The van der Waals surface area contributed by atoms with E-state index < -0.39 is 5.60 Å². The van der Waals surface area contributed by atoms with Gasteiger partial charge in [-0.3, -0.25) is 4.98 Å². The topological polar surface area (TPSA) is 59.1 Å². The van der Waals surface area contributed by atoms with Gasteiger partial charge in [0, 0.05) is 35.4 Å². The molecule has 0 spiro atoms. The van der Waals surface area contributed by atoms with E-state index in [1.54, 1.807) is 18.5 Å². The van der Waals surface area contributed by atoms with Gasteiger partial charge in [-0.2, -0.15) is 0 Å². The van der Waals surface area contributed by atoms with E-state index in [1.165, 1.54) is 0 Å². The van der Waals surface area contributed by atoms with Gasteiger partial charge in [0.25, 0.3) is 0 Å². The Morgan fingerprint density at radius 2 is 1.89 bits per heavy atom. The van der Waals surface area contributed by atoms with E-state index in [4.69, 9.17) is 5.73 Å². The molecule has 0 aliphatic rings. The van der Waals surface area contributed by atoms with Gasteiger partial charge < -0.3 is 10.8 Å². The zero-order valence-electron chi connectivity index (χ0n) is 10.8. The number of rotatable bonds is 4. The Balaban J connectivity index is 2.10. The van der Waals surface area contributed by atoms with Gasteiger partial charge in [-0.15, -0.1) is 0 Å². The van der Waals surface area contributed by atoms with Crippen molar-refractivity contribution in [1.29, 1.82) is 0 Å². The second-order valence-electron chi connectivity index (χ2n) is 5.05. The maximum Gasteiger partial charge on any atom is 0.0701 e. The number of nitrogen functional groups attached to an aromatic ring is 1. The van der Waals surface area contributed by atoms with Crippen molar-refractivity contribution in [3.05, 3.63) is 58.3 Å². The highest BCUT2D eigenvalue weighted by Gasteiger charge is 2.22. The molecule has 0 aliphatic carbocycles. The predicted molar refractivity (Wildman–Crippen MR) is 80.8 cm³/mol. The van der Waals surface area contributed by atoms with Gasteiger partial charge in [0.1, 0.15) is 0 Å². The third kappa shape index (κ3) is 4.04. The van der Waals surface area contributed by atoms with Crippen LogP contribution in [0.2, 0.25) is 0 Å². The summed E-state index contributed by atoms with van der Waals surface area (Å²) in [5, 5.41) is 10.5. The maximum absolute atomic E-state index is 10.5. The molecule has 0 fully saturated rings. The first-order valence-corrected chi connectivity index (χ1v) is 6.91. The number of aliphatic hydroxyl groups is 1. The highest BCUT2D eigenvalue weighted by atomic mass is 79.9. The smallest absolute Gasteiger partial charge is 0.0701 e. The number of benzene rings is 1. The van der Waals surface area contributed by atoms with Crippen molar-refractivity contribution in [2.75, 3.05) is 5.73 Å². The number of nitrogens with zero attached hydrogens (tertiary/aromatic N) is 1. The minimum atomic E-state index is -0.842. The van der Waals surface area contributed by atoms with E-state index in [0.29, 0.717) is 18.5 Å². The summed E-state index contributed by atoms with van der Waals surface area (Å²) in [6.45, 7) is 1.82. The lowest BCUT2D eigenvalue weighted by atomic mass is 9.90. The van der Waals surface area contributed by atoms with E-state index >= 15 is 0 Å². The first kappa shape index (κ1) is 14.0. The summed E-state index contributed by atoms with van der Waals surface area (Å²) >= 11 is 3.40. The summed E-state index contributed by atoms with van der Waals surface area (Å²) in [4.78, 5) is 4.05. The molecule has 0 radical (unpaired) electrons. The van der Waals surface area contributed by atoms with Crippen LogP contribution in [-0.4, -0.2) is 15.7 Å². The van der Waals surface area contributed by atoms with Crippen molar-refractivity contribution >= 4 is 21.6 Å². The predicted octanol–water partition coefficient (Wildman–Crippen LogP) is 2.96. The Morgan fingerprint density at radius 3 is 2.53 bits per heavy atom. The molecule has 0 saturated carbocycles. The normalized spacial score (nSPS) is 14.1. The first-order valence-electron chi connectivity index (χ1n) is 6.11. The Hall–Kier alpha value is -1.39. The minimum Gasteiger partial charge on any atom is -0.398 e. The molecule has 1 aromatic heterocycles. The lowest BCUT2D eigenvalue weighted by molar-refractivity contribution is 0.0609. The zero-order valence-corrected chi connectivity index (χ0v) is 12.4. The van der Waals surface area contributed by atoms with E-state index in [2.05, 4.69) is 20.9 Å². The van der Waals surface area contributed by atoms with E-state index in [1.807, 2.05) is 31.2 Å². The van der Waals surface area contributed by atoms with E-state index in [-0.39, 0.29) is 0 Å². The number of nitrogens with two attached hydrogens (primary N) is 1. The zero-order chi connectivity index (χ0) is 13.9. The third-order valence-electron chi connectivity index (χ3n) is 3.01. The fraction of sp³-hybridized carbons (Fsp3) is 0.267. The number of hydrogen-bond donors (Lipinski definition) is 2. The quantitative estimate of drug-likeness (QED) is 0.910. The average molecular weight is 321 g/mol. The summed E-state index contributed by atoms with van der Waals surface area (Å²) < 4.78 is 1.03. The van der Waals surface area contributed by atoms with Gasteiger partial charge in [0.2, 0.25) is 0 Å². The van der Waals surface area contributed by atoms with E-state index in [9.17, 15) is 5.11 Å². The molecule has 19 heavy (non-hydrogen) atoms. The van der Waals surface area contributed by atoms with Crippen LogP contribution in [0.15, 0.2) is 47.2 Å².